The number of hydrogen-bond acceptors (Lipinski definition) is 3. The highest BCUT2D eigenvalue weighted by atomic mass is 19.1. The minimum atomic E-state index is -0.590. The molecule has 0 saturated heterocycles. The molecule has 0 unspecified atom stereocenters. The first-order chi connectivity index (χ1) is 8.49. The summed E-state index contributed by atoms with van der Waals surface area (Å²) in [6.07, 6.45) is 1.38. The van der Waals surface area contributed by atoms with Crippen LogP contribution in [0.25, 0.3) is 0 Å². The Kier molecular flexibility index (Phi) is 3.01. The molecule has 2 rings (SSSR count). The molecule has 0 saturated carbocycles. The van der Waals surface area contributed by atoms with Gasteiger partial charge < -0.3 is 5.73 Å². The van der Waals surface area contributed by atoms with Crippen molar-refractivity contribution in [1.29, 1.82) is 0 Å². The lowest BCUT2D eigenvalue weighted by Gasteiger charge is -2.09. The van der Waals surface area contributed by atoms with Crippen LogP contribution in [-0.2, 0) is 6.54 Å². The first kappa shape index (κ1) is 12.1. The van der Waals surface area contributed by atoms with Crippen LogP contribution in [0, 0.1) is 12.7 Å². The van der Waals surface area contributed by atoms with Crippen LogP contribution in [0.1, 0.15) is 11.1 Å². The Morgan fingerprint density at radius 3 is 2.78 bits per heavy atom. The van der Waals surface area contributed by atoms with Gasteiger partial charge in [-0.15, -0.1) is 0 Å². The van der Waals surface area contributed by atoms with E-state index >= 15 is 0 Å². The highest BCUT2D eigenvalue weighted by Gasteiger charge is 2.08. The molecular formula is C12H12FN3O2. The number of rotatable bonds is 2. The Balaban J connectivity index is 2.50. The standard InChI is InChI=1S/C12H12FN3O2/c1-7-5-16(12(18)15-11(7)17)6-8-9(13)3-2-4-10(8)14/h2-5H,6,14H2,1H3,(H,15,17,18). The molecule has 1 aromatic carbocycles. The molecule has 0 aliphatic heterocycles. The predicted molar refractivity (Wildman–Crippen MR) is 66.0 cm³/mol. The lowest BCUT2D eigenvalue weighted by molar-refractivity contribution is 0.593. The zero-order valence-electron chi connectivity index (χ0n) is 9.74. The summed E-state index contributed by atoms with van der Waals surface area (Å²) in [7, 11) is 0. The molecule has 5 nitrogen and oxygen atoms in total. The Morgan fingerprint density at radius 1 is 1.39 bits per heavy atom. The fraction of sp³-hybridized carbons (Fsp3) is 0.167. The molecule has 2 aromatic rings. The van der Waals surface area contributed by atoms with Gasteiger partial charge >= 0.3 is 5.69 Å². The fourth-order valence-electron chi connectivity index (χ4n) is 1.65. The number of nitrogens with one attached hydrogen (secondary N) is 1. The van der Waals surface area contributed by atoms with Crippen LogP contribution in [0.3, 0.4) is 0 Å². The number of hydrogen-bond donors (Lipinski definition) is 2. The number of aromatic nitrogens is 2. The molecule has 0 atom stereocenters. The van der Waals surface area contributed by atoms with E-state index in [0.717, 1.165) is 0 Å². The van der Waals surface area contributed by atoms with Crippen LogP contribution in [0.4, 0.5) is 10.1 Å². The van der Waals surface area contributed by atoms with Crippen LogP contribution in [0.5, 0.6) is 0 Å². The minimum absolute atomic E-state index is 0.0189. The first-order valence-electron chi connectivity index (χ1n) is 5.32. The van der Waals surface area contributed by atoms with E-state index in [1.54, 1.807) is 13.0 Å². The van der Waals surface area contributed by atoms with E-state index in [-0.39, 0.29) is 17.8 Å². The van der Waals surface area contributed by atoms with Gasteiger partial charge in [0.1, 0.15) is 5.82 Å². The van der Waals surface area contributed by atoms with Crippen LogP contribution < -0.4 is 17.0 Å². The van der Waals surface area contributed by atoms with Gasteiger partial charge in [-0.3, -0.25) is 14.3 Å². The van der Waals surface area contributed by atoms with Gasteiger partial charge in [-0.1, -0.05) is 6.07 Å². The number of aromatic amines is 1. The van der Waals surface area contributed by atoms with Gasteiger partial charge in [0.05, 0.1) is 6.54 Å². The topological polar surface area (TPSA) is 80.9 Å². The lowest BCUT2D eigenvalue weighted by atomic mass is 10.1. The van der Waals surface area contributed by atoms with E-state index in [1.165, 1.54) is 22.9 Å². The van der Waals surface area contributed by atoms with Gasteiger partial charge in [0.2, 0.25) is 0 Å². The minimum Gasteiger partial charge on any atom is -0.398 e. The Morgan fingerprint density at radius 2 is 2.11 bits per heavy atom. The van der Waals surface area contributed by atoms with E-state index in [9.17, 15) is 14.0 Å². The number of anilines is 1. The van der Waals surface area contributed by atoms with E-state index in [4.69, 9.17) is 5.73 Å². The maximum atomic E-state index is 13.6. The molecule has 0 aliphatic carbocycles. The molecule has 1 aromatic heterocycles. The van der Waals surface area contributed by atoms with Crippen LogP contribution in [-0.4, -0.2) is 9.55 Å². The van der Waals surface area contributed by atoms with Crippen molar-refractivity contribution in [3.05, 3.63) is 62.2 Å². The van der Waals surface area contributed by atoms with Crippen molar-refractivity contribution >= 4 is 5.69 Å². The molecule has 0 aliphatic rings. The molecule has 0 amide bonds. The van der Waals surface area contributed by atoms with Crippen molar-refractivity contribution in [1.82, 2.24) is 9.55 Å². The van der Waals surface area contributed by atoms with Crippen LogP contribution in [0.15, 0.2) is 34.0 Å². The van der Waals surface area contributed by atoms with E-state index < -0.39 is 17.1 Å². The Bertz CT molecular complexity index is 683. The number of nitrogen functional groups attached to an aromatic ring is 1. The van der Waals surface area contributed by atoms with Crippen LogP contribution >= 0.6 is 0 Å². The van der Waals surface area contributed by atoms with Gasteiger partial charge in [-0.25, -0.2) is 9.18 Å². The normalized spacial score (nSPS) is 10.6. The van der Waals surface area contributed by atoms with E-state index in [1.807, 2.05) is 0 Å². The second-order valence-corrected chi connectivity index (χ2v) is 4.01. The van der Waals surface area contributed by atoms with Gasteiger partial charge in [0, 0.05) is 23.0 Å². The van der Waals surface area contributed by atoms with Crippen molar-refractivity contribution in [3.63, 3.8) is 0 Å². The second-order valence-electron chi connectivity index (χ2n) is 4.01. The molecule has 3 N–H and O–H groups in total. The van der Waals surface area contributed by atoms with Crippen molar-refractivity contribution in [2.75, 3.05) is 5.73 Å². The smallest absolute Gasteiger partial charge is 0.328 e. The Hall–Kier alpha value is -2.37. The molecular weight excluding hydrogens is 237 g/mol. The van der Waals surface area contributed by atoms with E-state index in [2.05, 4.69) is 4.98 Å². The molecule has 0 radical (unpaired) electrons. The zero-order valence-corrected chi connectivity index (χ0v) is 9.74. The zero-order chi connectivity index (χ0) is 13.3. The van der Waals surface area contributed by atoms with Crippen molar-refractivity contribution in [3.8, 4) is 0 Å². The maximum Gasteiger partial charge on any atom is 0.328 e. The largest absolute Gasteiger partial charge is 0.398 e. The molecule has 6 heteroatoms. The second kappa shape index (κ2) is 4.48. The lowest BCUT2D eigenvalue weighted by Crippen LogP contribution is -2.31. The third-order valence-electron chi connectivity index (χ3n) is 2.67. The fourth-order valence-corrected chi connectivity index (χ4v) is 1.65. The number of nitrogens with two attached hydrogens (primary N) is 1. The number of H-pyrrole nitrogens is 1. The summed E-state index contributed by atoms with van der Waals surface area (Å²) in [6.45, 7) is 1.55. The number of nitrogens with zero attached hydrogens (tertiary/aromatic N) is 1. The number of benzene rings is 1. The van der Waals surface area contributed by atoms with Crippen molar-refractivity contribution < 1.29 is 4.39 Å². The summed E-state index contributed by atoms with van der Waals surface area (Å²) < 4.78 is 14.8. The Labute approximate surface area is 102 Å². The summed E-state index contributed by atoms with van der Waals surface area (Å²) >= 11 is 0. The SMILES string of the molecule is Cc1cn(Cc2c(N)cccc2F)c(=O)[nH]c1=O. The summed E-state index contributed by atoms with van der Waals surface area (Å²) in [6, 6.07) is 4.33. The van der Waals surface area contributed by atoms with Crippen molar-refractivity contribution in [2.24, 2.45) is 0 Å². The number of aryl methyl sites for hydroxylation is 1. The maximum absolute atomic E-state index is 13.6. The van der Waals surface area contributed by atoms with Crippen LogP contribution in [0.2, 0.25) is 0 Å². The third kappa shape index (κ3) is 2.17. The van der Waals surface area contributed by atoms with Gasteiger partial charge in [-0.05, 0) is 19.1 Å². The molecule has 0 spiro atoms. The molecule has 18 heavy (non-hydrogen) atoms. The molecule has 1 heterocycles. The molecule has 0 fully saturated rings. The summed E-state index contributed by atoms with van der Waals surface area (Å²) in [5, 5.41) is 0. The van der Waals surface area contributed by atoms with Gasteiger partial charge in [-0.2, -0.15) is 0 Å². The molecule has 0 bridgehead atoms. The first-order valence-corrected chi connectivity index (χ1v) is 5.32. The average molecular weight is 249 g/mol. The summed E-state index contributed by atoms with van der Waals surface area (Å²) in [5.74, 6) is -0.481. The number of halogens is 1. The summed E-state index contributed by atoms with van der Waals surface area (Å²) in [5.41, 5.74) is 5.50. The van der Waals surface area contributed by atoms with Crippen molar-refractivity contribution in [2.45, 2.75) is 13.5 Å². The molecule has 94 valence electrons. The van der Waals surface area contributed by atoms with Gasteiger partial charge in [0.25, 0.3) is 5.56 Å². The highest BCUT2D eigenvalue weighted by molar-refractivity contribution is 5.47. The highest BCUT2D eigenvalue weighted by Crippen LogP contribution is 2.16. The summed E-state index contributed by atoms with van der Waals surface area (Å²) in [4.78, 5) is 24.9. The van der Waals surface area contributed by atoms with Gasteiger partial charge in [0.15, 0.2) is 0 Å². The monoisotopic (exact) mass is 249 g/mol. The predicted octanol–water partition coefficient (Wildman–Crippen LogP) is 0.615. The average Bonchev–Trinajstić information content (AvgIpc) is 2.30. The third-order valence-corrected chi connectivity index (χ3v) is 2.67. The quantitative estimate of drug-likeness (QED) is 0.765. The van der Waals surface area contributed by atoms with E-state index in [0.29, 0.717) is 5.56 Å².